The quantitative estimate of drug-likeness (QED) is 0.594. The van der Waals surface area contributed by atoms with Gasteiger partial charge in [0.1, 0.15) is 5.75 Å². The van der Waals surface area contributed by atoms with Crippen LogP contribution in [0, 0.1) is 5.41 Å². The van der Waals surface area contributed by atoms with Gasteiger partial charge in [-0.15, -0.1) is 0 Å². The Labute approximate surface area is 115 Å². The van der Waals surface area contributed by atoms with Crippen LogP contribution in [0.1, 0.15) is 17.3 Å². The molecular weight excluding hydrogens is 264 g/mol. The van der Waals surface area contributed by atoms with Crippen LogP contribution in [0.3, 0.4) is 0 Å². The highest BCUT2D eigenvalue weighted by atomic mass is 16.5. The summed E-state index contributed by atoms with van der Waals surface area (Å²) < 4.78 is 5.19. The Morgan fingerprint density at radius 3 is 2.75 bits per heavy atom. The van der Waals surface area contributed by atoms with E-state index in [4.69, 9.17) is 15.6 Å². The molecule has 7 heteroatoms. The molecule has 1 heterocycles. The van der Waals surface area contributed by atoms with Crippen LogP contribution in [0.5, 0.6) is 5.75 Å². The number of carboxylic acids is 1. The smallest absolute Gasteiger partial charge is 0.337 e. The molecule has 20 heavy (non-hydrogen) atoms. The summed E-state index contributed by atoms with van der Waals surface area (Å²) in [7, 11) is 0. The molecule has 2 rings (SSSR count). The number of phenolic OH excluding ortho intramolecular Hbond substituents is 1. The van der Waals surface area contributed by atoms with Gasteiger partial charge in [0.2, 0.25) is 5.91 Å². The van der Waals surface area contributed by atoms with Crippen molar-refractivity contribution >= 4 is 17.6 Å². The summed E-state index contributed by atoms with van der Waals surface area (Å²) in [6.07, 6.45) is 0. The zero-order chi connectivity index (χ0) is 14.9. The molecule has 1 aliphatic heterocycles. The van der Waals surface area contributed by atoms with Gasteiger partial charge in [-0.1, -0.05) is 0 Å². The Kier molecular flexibility index (Phi) is 3.65. The molecule has 1 amide bonds. The van der Waals surface area contributed by atoms with Crippen molar-refractivity contribution in [2.75, 3.05) is 18.5 Å². The lowest BCUT2D eigenvalue weighted by molar-refractivity contribution is -0.125. The second-order valence-corrected chi connectivity index (χ2v) is 5.03. The van der Waals surface area contributed by atoms with E-state index in [-0.39, 0.29) is 30.2 Å². The molecule has 1 aromatic carbocycles. The van der Waals surface area contributed by atoms with Gasteiger partial charge in [0.25, 0.3) is 0 Å². The first kappa shape index (κ1) is 14.3. The van der Waals surface area contributed by atoms with E-state index >= 15 is 0 Å². The van der Waals surface area contributed by atoms with Gasteiger partial charge in [-0.3, -0.25) is 4.79 Å². The highest BCUT2D eigenvalue weighted by Gasteiger charge is 2.44. The van der Waals surface area contributed by atoms with Crippen molar-refractivity contribution in [3.8, 4) is 5.75 Å². The Balaban J connectivity index is 2.26. The number of rotatable bonds is 3. The van der Waals surface area contributed by atoms with E-state index < -0.39 is 23.3 Å². The van der Waals surface area contributed by atoms with Gasteiger partial charge in [0.15, 0.2) is 0 Å². The minimum atomic E-state index is -1.24. The van der Waals surface area contributed by atoms with E-state index in [0.29, 0.717) is 0 Å². The fourth-order valence-corrected chi connectivity index (χ4v) is 2.01. The fraction of sp³-hybridized carbons (Fsp3) is 0.385. The molecule has 2 unspecified atom stereocenters. The molecule has 1 aliphatic rings. The zero-order valence-corrected chi connectivity index (χ0v) is 10.9. The number of benzene rings is 1. The summed E-state index contributed by atoms with van der Waals surface area (Å²) in [5.41, 5.74) is 4.86. The first-order valence-electron chi connectivity index (χ1n) is 6.05. The van der Waals surface area contributed by atoms with Crippen molar-refractivity contribution in [1.29, 1.82) is 0 Å². The number of aromatic hydroxyl groups is 1. The van der Waals surface area contributed by atoms with E-state index in [1.165, 1.54) is 12.1 Å². The number of hydrogen-bond donors (Lipinski definition) is 4. The number of carboxylic acid groups (broad SMARTS) is 1. The Morgan fingerprint density at radius 2 is 2.20 bits per heavy atom. The van der Waals surface area contributed by atoms with E-state index in [9.17, 15) is 14.7 Å². The minimum absolute atomic E-state index is 0.112. The lowest BCUT2D eigenvalue weighted by Crippen LogP contribution is -2.47. The van der Waals surface area contributed by atoms with Gasteiger partial charge in [-0.25, -0.2) is 4.79 Å². The van der Waals surface area contributed by atoms with Crippen LogP contribution in [-0.4, -0.2) is 41.3 Å². The van der Waals surface area contributed by atoms with Crippen molar-refractivity contribution < 1.29 is 24.5 Å². The Hall–Kier alpha value is -2.12. The Bertz CT molecular complexity index is 560. The number of carbonyl (C=O) groups excluding carboxylic acids is 1. The van der Waals surface area contributed by atoms with Gasteiger partial charge < -0.3 is 26.0 Å². The highest BCUT2D eigenvalue weighted by Crippen LogP contribution is 2.30. The number of carbonyl (C=O) groups is 2. The maximum atomic E-state index is 12.3. The molecule has 0 aromatic heterocycles. The lowest BCUT2D eigenvalue weighted by atomic mass is 9.84. The third-order valence-corrected chi connectivity index (χ3v) is 3.52. The highest BCUT2D eigenvalue weighted by molar-refractivity contribution is 6.02. The molecule has 0 radical (unpaired) electrons. The average molecular weight is 280 g/mol. The standard InChI is InChI=1S/C13H16N2O5/c1-13(6-20-5-10(13)14)12(19)15-9-3-2-7(16)4-8(9)11(17)18/h2-4,10,16H,5-6,14H2,1H3,(H,15,19)(H,17,18). The van der Waals surface area contributed by atoms with E-state index in [1.807, 2.05) is 0 Å². The predicted octanol–water partition coefficient (Wildman–Crippen LogP) is 0.393. The number of anilines is 1. The molecule has 5 N–H and O–H groups in total. The van der Waals surface area contributed by atoms with Crippen LogP contribution >= 0.6 is 0 Å². The van der Waals surface area contributed by atoms with Crippen molar-refractivity contribution in [1.82, 2.24) is 0 Å². The summed E-state index contributed by atoms with van der Waals surface area (Å²) in [6.45, 7) is 2.13. The molecular formula is C13H16N2O5. The molecule has 2 atom stereocenters. The molecule has 108 valence electrons. The van der Waals surface area contributed by atoms with Gasteiger partial charge >= 0.3 is 5.97 Å². The van der Waals surface area contributed by atoms with Crippen LogP contribution in [0.4, 0.5) is 5.69 Å². The number of nitrogens with one attached hydrogen (secondary N) is 1. The first-order chi connectivity index (χ1) is 9.34. The molecule has 0 bridgehead atoms. The third-order valence-electron chi connectivity index (χ3n) is 3.52. The molecule has 0 spiro atoms. The second kappa shape index (κ2) is 5.10. The van der Waals surface area contributed by atoms with Crippen molar-refractivity contribution in [3.63, 3.8) is 0 Å². The number of nitrogens with two attached hydrogens (primary N) is 1. The molecule has 1 saturated heterocycles. The number of ether oxygens (including phenoxy) is 1. The zero-order valence-electron chi connectivity index (χ0n) is 10.9. The van der Waals surface area contributed by atoms with Crippen LogP contribution in [0.15, 0.2) is 18.2 Å². The number of phenols is 1. The summed E-state index contributed by atoms with van der Waals surface area (Å²) in [5, 5.41) is 20.9. The van der Waals surface area contributed by atoms with Gasteiger partial charge in [-0.2, -0.15) is 0 Å². The molecule has 7 nitrogen and oxygen atoms in total. The largest absolute Gasteiger partial charge is 0.508 e. The number of hydrogen-bond acceptors (Lipinski definition) is 5. The van der Waals surface area contributed by atoms with Crippen molar-refractivity contribution in [2.24, 2.45) is 11.1 Å². The summed E-state index contributed by atoms with van der Waals surface area (Å²) >= 11 is 0. The summed E-state index contributed by atoms with van der Waals surface area (Å²) in [6, 6.07) is 3.26. The maximum Gasteiger partial charge on any atom is 0.337 e. The molecule has 1 fully saturated rings. The fourth-order valence-electron chi connectivity index (χ4n) is 2.01. The number of amides is 1. The normalized spacial score (nSPS) is 25.4. The van der Waals surface area contributed by atoms with Crippen LogP contribution in [-0.2, 0) is 9.53 Å². The SMILES string of the molecule is CC1(C(=O)Nc2ccc(O)cc2C(=O)O)COCC1N. The topological polar surface area (TPSA) is 122 Å². The van der Waals surface area contributed by atoms with Crippen LogP contribution in [0.2, 0.25) is 0 Å². The average Bonchev–Trinajstić information content (AvgIpc) is 2.73. The van der Waals surface area contributed by atoms with Crippen LogP contribution < -0.4 is 11.1 Å². The third kappa shape index (κ3) is 2.45. The van der Waals surface area contributed by atoms with Gasteiger partial charge in [0.05, 0.1) is 29.9 Å². The van der Waals surface area contributed by atoms with Crippen molar-refractivity contribution in [2.45, 2.75) is 13.0 Å². The maximum absolute atomic E-state index is 12.3. The van der Waals surface area contributed by atoms with Crippen LogP contribution in [0.25, 0.3) is 0 Å². The van der Waals surface area contributed by atoms with E-state index in [1.54, 1.807) is 6.92 Å². The van der Waals surface area contributed by atoms with Gasteiger partial charge in [-0.05, 0) is 25.1 Å². The lowest BCUT2D eigenvalue weighted by Gasteiger charge is -2.25. The van der Waals surface area contributed by atoms with E-state index in [2.05, 4.69) is 5.32 Å². The number of aromatic carboxylic acids is 1. The van der Waals surface area contributed by atoms with E-state index in [0.717, 1.165) is 6.07 Å². The summed E-state index contributed by atoms with van der Waals surface area (Å²) in [4.78, 5) is 23.4. The predicted molar refractivity (Wildman–Crippen MR) is 70.6 cm³/mol. The first-order valence-corrected chi connectivity index (χ1v) is 6.05. The van der Waals surface area contributed by atoms with Crippen molar-refractivity contribution in [3.05, 3.63) is 23.8 Å². The second-order valence-electron chi connectivity index (χ2n) is 5.03. The molecule has 1 aromatic rings. The Morgan fingerprint density at radius 1 is 1.50 bits per heavy atom. The minimum Gasteiger partial charge on any atom is -0.508 e. The molecule has 0 aliphatic carbocycles. The summed E-state index contributed by atoms with van der Waals surface area (Å²) in [5.74, 6) is -1.84. The monoisotopic (exact) mass is 280 g/mol. The van der Waals surface area contributed by atoms with Gasteiger partial charge in [0, 0.05) is 6.04 Å². The molecule has 0 saturated carbocycles.